The summed E-state index contributed by atoms with van der Waals surface area (Å²) in [4.78, 5) is 58.1. The van der Waals surface area contributed by atoms with Crippen LogP contribution in [-0.2, 0) is 16.0 Å². The standard InChI is InChI=1S/C19H29N5O4/c1-22(2)9-10-24-13-19(4-3-15(24)25)5-7-23(8-6-19)16(26)11-14-12-20-18(28)21-17(14)27/h12H,3-11,13H2,1-2H3,(H2,20,21,27,28). The molecule has 3 rings (SSSR count). The van der Waals surface area contributed by atoms with Gasteiger partial charge in [-0.05, 0) is 38.8 Å². The van der Waals surface area contributed by atoms with E-state index in [1.165, 1.54) is 6.20 Å². The van der Waals surface area contributed by atoms with E-state index < -0.39 is 11.2 Å². The van der Waals surface area contributed by atoms with E-state index in [1.807, 2.05) is 19.0 Å². The first-order valence-corrected chi connectivity index (χ1v) is 9.79. The summed E-state index contributed by atoms with van der Waals surface area (Å²) >= 11 is 0. The molecule has 2 aliphatic heterocycles. The fraction of sp³-hybridized carbons (Fsp3) is 0.684. The molecule has 154 valence electrons. The van der Waals surface area contributed by atoms with E-state index in [-0.39, 0.29) is 29.2 Å². The zero-order valence-corrected chi connectivity index (χ0v) is 16.6. The maximum absolute atomic E-state index is 12.6. The minimum Gasteiger partial charge on any atom is -0.342 e. The number of piperidine rings is 2. The zero-order chi connectivity index (χ0) is 20.3. The molecule has 0 unspecified atom stereocenters. The van der Waals surface area contributed by atoms with Crippen LogP contribution in [0.2, 0.25) is 0 Å². The second-order valence-electron chi connectivity index (χ2n) is 8.27. The van der Waals surface area contributed by atoms with Gasteiger partial charge in [0.1, 0.15) is 0 Å². The molecule has 1 spiro atoms. The van der Waals surface area contributed by atoms with E-state index in [1.54, 1.807) is 4.90 Å². The summed E-state index contributed by atoms with van der Waals surface area (Å²) in [6.45, 7) is 3.62. The van der Waals surface area contributed by atoms with Gasteiger partial charge < -0.3 is 19.7 Å². The van der Waals surface area contributed by atoms with Crippen molar-refractivity contribution in [2.24, 2.45) is 5.41 Å². The van der Waals surface area contributed by atoms with Crippen molar-refractivity contribution in [2.75, 3.05) is 46.8 Å². The van der Waals surface area contributed by atoms with Gasteiger partial charge in [0, 0.05) is 50.9 Å². The Hall–Kier alpha value is -2.42. The Morgan fingerprint density at radius 3 is 2.54 bits per heavy atom. The molecule has 0 radical (unpaired) electrons. The number of likely N-dealkylation sites (N-methyl/N-ethyl adjacent to an activating group) is 1. The molecular weight excluding hydrogens is 362 g/mol. The van der Waals surface area contributed by atoms with Gasteiger partial charge >= 0.3 is 5.69 Å². The number of likely N-dealkylation sites (tertiary alicyclic amines) is 2. The predicted octanol–water partition coefficient (Wildman–Crippen LogP) is -0.601. The van der Waals surface area contributed by atoms with Gasteiger partial charge in [-0.3, -0.25) is 19.4 Å². The summed E-state index contributed by atoms with van der Waals surface area (Å²) < 4.78 is 0. The lowest BCUT2D eigenvalue weighted by Gasteiger charge is -2.47. The highest BCUT2D eigenvalue weighted by molar-refractivity contribution is 5.79. The Labute approximate surface area is 163 Å². The number of aromatic amines is 2. The highest BCUT2D eigenvalue weighted by atomic mass is 16.2. The summed E-state index contributed by atoms with van der Waals surface area (Å²) in [5.74, 6) is 0.118. The van der Waals surface area contributed by atoms with E-state index >= 15 is 0 Å². The van der Waals surface area contributed by atoms with Crippen LogP contribution in [0.1, 0.15) is 31.2 Å². The third-order valence-corrected chi connectivity index (χ3v) is 5.98. The zero-order valence-electron chi connectivity index (χ0n) is 16.6. The highest BCUT2D eigenvalue weighted by Crippen LogP contribution is 2.40. The molecule has 9 heteroatoms. The molecule has 0 atom stereocenters. The first-order chi connectivity index (χ1) is 13.3. The molecule has 2 fully saturated rings. The van der Waals surface area contributed by atoms with Crippen LogP contribution in [0.3, 0.4) is 0 Å². The highest BCUT2D eigenvalue weighted by Gasteiger charge is 2.41. The molecule has 3 heterocycles. The van der Waals surface area contributed by atoms with Crippen LogP contribution in [0.5, 0.6) is 0 Å². The SMILES string of the molecule is CN(C)CCN1CC2(CCC1=O)CCN(C(=O)Cc1c[nH]c(=O)[nH]c1=O)CC2. The van der Waals surface area contributed by atoms with E-state index in [9.17, 15) is 19.2 Å². The lowest BCUT2D eigenvalue weighted by atomic mass is 9.72. The lowest BCUT2D eigenvalue weighted by Crippen LogP contribution is -2.53. The number of carbonyl (C=O) groups excluding carboxylic acids is 2. The molecule has 0 aromatic carbocycles. The number of aromatic nitrogens is 2. The Bertz CT molecular complexity index is 835. The first kappa shape index (κ1) is 20.3. The van der Waals surface area contributed by atoms with Crippen molar-refractivity contribution in [1.29, 1.82) is 0 Å². The Kier molecular flexibility index (Phi) is 6.02. The lowest BCUT2D eigenvalue weighted by molar-refractivity contribution is -0.142. The van der Waals surface area contributed by atoms with Gasteiger partial charge in [-0.1, -0.05) is 0 Å². The van der Waals surface area contributed by atoms with Crippen LogP contribution >= 0.6 is 0 Å². The second kappa shape index (κ2) is 8.30. The largest absolute Gasteiger partial charge is 0.342 e. The van der Waals surface area contributed by atoms with E-state index in [0.717, 1.165) is 38.9 Å². The molecule has 1 aromatic heterocycles. The fourth-order valence-electron chi connectivity index (χ4n) is 4.11. The maximum atomic E-state index is 12.6. The van der Waals surface area contributed by atoms with Crippen LogP contribution in [0, 0.1) is 5.41 Å². The predicted molar refractivity (Wildman–Crippen MR) is 104 cm³/mol. The summed E-state index contributed by atoms with van der Waals surface area (Å²) in [5.41, 5.74) is -0.741. The van der Waals surface area contributed by atoms with Crippen molar-refractivity contribution >= 4 is 11.8 Å². The quantitative estimate of drug-likeness (QED) is 0.697. The average molecular weight is 391 g/mol. The summed E-state index contributed by atoms with van der Waals surface area (Å²) in [5, 5.41) is 0. The van der Waals surface area contributed by atoms with Gasteiger partial charge in [-0.25, -0.2) is 4.79 Å². The van der Waals surface area contributed by atoms with E-state index in [0.29, 0.717) is 19.5 Å². The van der Waals surface area contributed by atoms with Crippen LogP contribution < -0.4 is 11.2 Å². The van der Waals surface area contributed by atoms with Gasteiger partial charge in [0.25, 0.3) is 5.56 Å². The van der Waals surface area contributed by atoms with Gasteiger partial charge in [-0.2, -0.15) is 0 Å². The smallest absolute Gasteiger partial charge is 0.325 e. The molecule has 2 amide bonds. The normalized spacial score (nSPS) is 19.5. The molecule has 2 saturated heterocycles. The molecule has 9 nitrogen and oxygen atoms in total. The van der Waals surface area contributed by atoms with Crippen molar-refractivity contribution < 1.29 is 9.59 Å². The molecular formula is C19H29N5O4. The van der Waals surface area contributed by atoms with Crippen molar-refractivity contribution in [3.63, 3.8) is 0 Å². The number of amides is 2. The van der Waals surface area contributed by atoms with Gasteiger partial charge in [-0.15, -0.1) is 0 Å². The topological polar surface area (TPSA) is 110 Å². The van der Waals surface area contributed by atoms with Crippen molar-refractivity contribution in [1.82, 2.24) is 24.7 Å². The van der Waals surface area contributed by atoms with Gasteiger partial charge in [0.2, 0.25) is 11.8 Å². The summed E-state index contributed by atoms with van der Waals surface area (Å²) in [7, 11) is 4.00. The van der Waals surface area contributed by atoms with Gasteiger partial charge in [0.15, 0.2) is 0 Å². The van der Waals surface area contributed by atoms with Crippen LogP contribution in [0.4, 0.5) is 0 Å². The monoisotopic (exact) mass is 391 g/mol. The van der Waals surface area contributed by atoms with Crippen molar-refractivity contribution in [3.8, 4) is 0 Å². The Balaban J connectivity index is 1.57. The van der Waals surface area contributed by atoms with E-state index in [2.05, 4.69) is 14.9 Å². The third kappa shape index (κ3) is 4.70. The third-order valence-electron chi connectivity index (χ3n) is 5.98. The molecule has 1 aromatic rings. The minimum atomic E-state index is -0.577. The molecule has 2 N–H and O–H groups in total. The van der Waals surface area contributed by atoms with Crippen LogP contribution in [-0.4, -0.2) is 83.3 Å². The first-order valence-electron chi connectivity index (χ1n) is 9.79. The number of hydrogen-bond acceptors (Lipinski definition) is 5. The number of nitrogens with zero attached hydrogens (tertiary/aromatic N) is 3. The summed E-state index contributed by atoms with van der Waals surface area (Å²) in [6, 6.07) is 0. The molecule has 28 heavy (non-hydrogen) atoms. The number of carbonyl (C=O) groups is 2. The molecule has 0 saturated carbocycles. The number of rotatable bonds is 5. The number of nitrogens with one attached hydrogen (secondary N) is 2. The number of H-pyrrole nitrogens is 2. The Morgan fingerprint density at radius 1 is 1.18 bits per heavy atom. The van der Waals surface area contributed by atoms with E-state index in [4.69, 9.17) is 0 Å². The van der Waals surface area contributed by atoms with Crippen LogP contribution in [0.25, 0.3) is 0 Å². The Morgan fingerprint density at radius 2 is 1.89 bits per heavy atom. The fourth-order valence-corrected chi connectivity index (χ4v) is 4.11. The average Bonchev–Trinajstić information content (AvgIpc) is 2.65. The van der Waals surface area contributed by atoms with Crippen LogP contribution in [0.15, 0.2) is 15.8 Å². The molecule has 0 bridgehead atoms. The molecule has 0 aliphatic carbocycles. The van der Waals surface area contributed by atoms with Crippen molar-refractivity contribution in [2.45, 2.75) is 32.1 Å². The number of hydrogen-bond donors (Lipinski definition) is 2. The minimum absolute atomic E-state index is 0.0213. The van der Waals surface area contributed by atoms with Crippen molar-refractivity contribution in [3.05, 3.63) is 32.6 Å². The summed E-state index contributed by atoms with van der Waals surface area (Å²) in [6.07, 6.45) is 4.48. The van der Waals surface area contributed by atoms with Gasteiger partial charge in [0.05, 0.1) is 6.42 Å². The second-order valence-corrected chi connectivity index (χ2v) is 8.27. The molecule has 2 aliphatic rings. The maximum Gasteiger partial charge on any atom is 0.325 e.